The number of hydrogen-bond donors (Lipinski definition) is 1. The molecule has 33 heavy (non-hydrogen) atoms. The Bertz CT molecular complexity index is 1330. The summed E-state index contributed by atoms with van der Waals surface area (Å²) in [5.74, 6) is 0.287. The quantitative estimate of drug-likeness (QED) is 0.534. The minimum atomic E-state index is -3.83. The Morgan fingerprint density at radius 3 is 2.67 bits per heavy atom. The van der Waals surface area contributed by atoms with Gasteiger partial charge in [0.1, 0.15) is 23.1 Å². The molecule has 11 heteroatoms. The Morgan fingerprint density at radius 1 is 1.09 bits per heavy atom. The zero-order valence-electron chi connectivity index (χ0n) is 17.5. The van der Waals surface area contributed by atoms with E-state index in [1.54, 1.807) is 43.3 Å². The second kappa shape index (κ2) is 8.25. The SMILES string of the molecule is CC(NS(=O)(=O)c1ccc(CN2C(=O)c3cccnc3C2=O)s1)c1ccc2c(c1)OCCO2. The van der Waals surface area contributed by atoms with Crippen molar-refractivity contribution in [2.24, 2.45) is 0 Å². The number of hydrogen-bond acceptors (Lipinski definition) is 8. The number of pyridine rings is 1. The topological polar surface area (TPSA) is 115 Å². The van der Waals surface area contributed by atoms with Crippen LogP contribution >= 0.6 is 11.3 Å². The van der Waals surface area contributed by atoms with E-state index >= 15 is 0 Å². The average molecular weight is 486 g/mol. The molecule has 4 heterocycles. The van der Waals surface area contributed by atoms with Crippen molar-refractivity contribution in [3.8, 4) is 11.5 Å². The van der Waals surface area contributed by atoms with Crippen LogP contribution in [0.4, 0.5) is 0 Å². The molecule has 9 nitrogen and oxygen atoms in total. The van der Waals surface area contributed by atoms with Gasteiger partial charge < -0.3 is 9.47 Å². The van der Waals surface area contributed by atoms with Crippen molar-refractivity contribution < 1.29 is 27.5 Å². The lowest BCUT2D eigenvalue weighted by molar-refractivity contribution is 0.0642. The molecule has 2 aliphatic heterocycles. The number of fused-ring (bicyclic) bond motifs is 2. The predicted molar refractivity (Wildman–Crippen MR) is 119 cm³/mol. The summed E-state index contributed by atoms with van der Waals surface area (Å²) in [7, 11) is -3.83. The normalized spacial score (nSPS) is 16.1. The lowest BCUT2D eigenvalue weighted by Gasteiger charge is -2.21. The molecule has 0 radical (unpaired) electrons. The molecule has 2 aliphatic rings. The molecule has 0 fully saturated rings. The number of ether oxygens (including phenoxy) is 2. The number of nitrogens with one attached hydrogen (secondary N) is 1. The van der Waals surface area contributed by atoms with Crippen LogP contribution < -0.4 is 14.2 Å². The number of amides is 2. The summed E-state index contributed by atoms with van der Waals surface area (Å²) in [5.41, 5.74) is 1.10. The molecule has 0 aliphatic carbocycles. The van der Waals surface area contributed by atoms with Crippen LogP contribution in [0.1, 0.15) is 44.3 Å². The maximum Gasteiger partial charge on any atom is 0.280 e. The third kappa shape index (κ3) is 3.99. The van der Waals surface area contributed by atoms with Crippen molar-refractivity contribution in [1.29, 1.82) is 0 Å². The van der Waals surface area contributed by atoms with Crippen molar-refractivity contribution in [2.45, 2.75) is 23.7 Å². The van der Waals surface area contributed by atoms with Gasteiger partial charge in [-0.15, -0.1) is 11.3 Å². The van der Waals surface area contributed by atoms with Gasteiger partial charge in [-0.1, -0.05) is 6.07 Å². The summed E-state index contributed by atoms with van der Waals surface area (Å²) in [5, 5.41) is 0. The molecule has 2 amide bonds. The molecular weight excluding hydrogens is 466 g/mol. The molecule has 0 spiro atoms. The summed E-state index contributed by atoms with van der Waals surface area (Å²) in [6.45, 7) is 2.64. The third-order valence-corrected chi connectivity index (χ3v) is 8.45. The highest BCUT2D eigenvalue weighted by atomic mass is 32.2. The highest BCUT2D eigenvalue weighted by Crippen LogP contribution is 2.33. The number of carbonyl (C=O) groups is 2. The van der Waals surface area contributed by atoms with E-state index in [2.05, 4.69) is 9.71 Å². The van der Waals surface area contributed by atoms with Gasteiger partial charge in [-0.3, -0.25) is 19.5 Å². The summed E-state index contributed by atoms with van der Waals surface area (Å²) in [6.07, 6.45) is 1.46. The van der Waals surface area contributed by atoms with Crippen LogP contribution in [0.3, 0.4) is 0 Å². The second-order valence-electron chi connectivity index (χ2n) is 7.56. The van der Waals surface area contributed by atoms with E-state index < -0.39 is 27.9 Å². The van der Waals surface area contributed by atoms with Gasteiger partial charge in [0.25, 0.3) is 21.8 Å². The van der Waals surface area contributed by atoms with Gasteiger partial charge in [-0.25, -0.2) is 13.1 Å². The minimum Gasteiger partial charge on any atom is -0.486 e. The Morgan fingerprint density at radius 2 is 1.88 bits per heavy atom. The van der Waals surface area contributed by atoms with Crippen LogP contribution in [0, 0.1) is 0 Å². The number of benzene rings is 1. The Kier molecular flexibility index (Phi) is 5.39. The first-order valence-electron chi connectivity index (χ1n) is 10.2. The summed E-state index contributed by atoms with van der Waals surface area (Å²) >= 11 is 1.01. The molecule has 0 saturated heterocycles. The molecule has 1 aromatic carbocycles. The van der Waals surface area contributed by atoms with Crippen LogP contribution in [0.15, 0.2) is 52.9 Å². The molecule has 3 aromatic rings. The molecule has 170 valence electrons. The predicted octanol–water partition coefficient (Wildman–Crippen LogP) is 2.75. The van der Waals surface area contributed by atoms with Gasteiger partial charge in [0, 0.05) is 17.1 Å². The molecule has 5 rings (SSSR count). The highest BCUT2D eigenvalue weighted by molar-refractivity contribution is 7.91. The van der Waals surface area contributed by atoms with Crippen LogP contribution in [0.2, 0.25) is 0 Å². The number of thiophene rings is 1. The maximum absolute atomic E-state index is 12.9. The summed E-state index contributed by atoms with van der Waals surface area (Å²) in [4.78, 5) is 30.7. The number of carbonyl (C=O) groups excluding carboxylic acids is 2. The van der Waals surface area contributed by atoms with E-state index in [-0.39, 0.29) is 22.0 Å². The lowest BCUT2D eigenvalue weighted by Crippen LogP contribution is -2.28. The van der Waals surface area contributed by atoms with Crippen molar-refractivity contribution in [2.75, 3.05) is 13.2 Å². The summed E-state index contributed by atoms with van der Waals surface area (Å²) < 4.78 is 39.7. The molecule has 0 saturated carbocycles. The first-order chi connectivity index (χ1) is 15.8. The number of nitrogens with zero attached hydrogens (tertiary/aromatic N) is 2. The maximum atomic E-state index is 12.9. The van der Waals surface area contributed by atoms with Gasteiger partial charge in [-0.05, 0) is 48.9 Å². The fourth-order valence-corrected chi connectivity index (χ4v) is 6.28. The zero-order valence-corrected chi connectivity index (χ0v) is 19.1. The first kappa shape index (κ1) is 21.6. The molecule has 1 N–H and O–H groups in total. The number of rotatable bonds is 6. The van der Waals surface area contributed by atoms with Gasteiger partial charge in [0.15, 0.2) is 11.5 Å². The number of sulfonamides is 1. The zero-order chi connectivity index (χ0) is 23.2. The van der Waals surface area contributed by atoms with Crippen molar-refractivity contribution in [1.82, 2.24) is 14.6 Å². The van der Waals surface area contributed by atoms with E-state index in [0.717, 1.165) is 21.8 Å². The van der Waals surface area contributed by atoms with Gasteiger partial charge in [0.05, 0.1) is 12.1 Å². The van der Waals surface area contributed by atoms with E-state index in [0.29, 0.717) is 29.6 Å². The van der Waals surface area contributed by atoms with E-state index in [4.69, 9.17) is 9.47 Å². The van der Waals surface area contributed by atoms with Crippen LogP contribution in [-0.4, -0.2) is 43.3 Å². The average Bonchev–Trinajstić information content (AvgIpc) is 3.39. The van der Waals surface area contributed by atoms with Gasteiger partial charge in [0.2, 0.25) is 0 Å². The fourth-order valence-electron chi connectivity index (χ4n) is 3.69. The van der Waals surface area contributed by atoms with Crippen LogP contribution in [0.25, 0.3) is 0 Å². The van der Waals surface area contributed by atoms with Gasteiger partial charge >= 0.3 is 0 Å². The standard InChI is InChI=1S/C22H19N3O6S2/c1-13(14-4-6-17-18(11-14)31-10-9-30-17)24-33(28,29)19-7-5-15(32-19)12-25-21(26)16-3-2-8-23-20(16)22(25)27/h2-8,11,13,24H,9-10,12H2,1H3. The van der Waals surface area contributed by atoms with E-state index in [9.17, 15) is 18.0 Å². The lowest BCUT2D eigenvalue weighted by atomic mass is 10.1. The van der Waals surface area contributed by atoms with Crippen molar-refractivity contribution >= 4 is 33.2 Å². The highest BCUT2D eigenvalue weighted by Gasteiger charge is 2.37. The molecule has 2 aromatic heterocycles. The third-order valence-electron chi connectivity index (χ3n) is 5.34. The monoisotopic (exact) mass is 485 g/mol. The van der Waals surface area contributed by atoms with Crippen molar-refractivity contribution in [3.05, 3.63) is 70.4 Å². The van der Waals surface area contributed by atoms with Crippen LogP contribution in [0.5, 0.6) is 11.5 Å². The number of aromatic nitrogens is 1. The Labute approximate surface area is 194 Å². The van der Waals surface area contributed by atoms with Gasteiger partial charge in [-0.2, -0.15) is 0 Å². The fraction of sp³-hybridized carbons (Fsp3) is 0.227. The Balaban J connectivity index is 1.30. The van der Waals surface area contributed by atoms with E-state index in [1.165, 1.54) is 12.3 Å². The summed E-state index contributed by atoms with van der Waals surface area (Å²) in [6, 6.07) is 11.0. The molecule has 1 atom stereocenters. The van der Waals surface area contributed by atoms with Crippen molar-refractivity contribution in [3.63, 3.8) is 0 Å². The molecular formula is C22H19N3O6S2. The smallest absolute Gasteiger partial charge is 0.280 e. The number of imide groups is 1. The van der Waals surface area contributed by atoms with E-state index in [1.807, 2.05) is 0 Å². The van der Waals surface area contributed by atoms with Crippen LogP contribution in [-0.2, 0) is 16.6 Å². The Hall–Kier alpha value is -3.28. The minimum absolute atomic E-state index is 0.0219. The largest absolute Gasteiger partial charge is 0.486 e. The first-order valence-corrected chi connectivity index (χ1v) is 12.5. The molecule has 0 bridgehead atoms. The molecule has 1 unspecified atom stereocenters. The second-order valence-corrected chi connectivity index (χ2v) is 10.7.